The van der Waals surface area contributed by atoms with E-state index in [1.807, 2.05) is 0 Å². The van der Waals surface area contributed by atoms with Gasteiger partial charge in [0.2, 0.25) is 0 Å². The largest absolute Gasteiger partial charge is 0.391 e. The van der Waals surface area contributed by atoms with Gasteiger partial charge in [-0.15, -0.1) is 0 Å². The van der Waals surface area contributed by atoms with Crippen LogP contribution in [0, 0.1) is 5.92 Å². The first-order valence-electron chi connectivity index (χ1n) is 5.61. The summed E-state index contributed by atoms with van der Waals surface area (Å²) in [6.07, 6.45) is -0.651. The summed E-state index contributed by atoms with van der Waals surface area (Å²) in [5.74, 6) is -1.42. The van der Waals surface area contributed by atoms with E-state index in [1.54, 1.807) is 12.1 Å². The van der Waals surface area contributed by atoms with Crippen LogP contribution in [0.15, 0.2) is 24.5 Å². The Hall–Kier alpha value is -1.10. The molecule has 2 atom stereocenters. The minimum absolute atomic E-state index is 0.103. The van der Waals surface area contributed by atoms with Crippen molar-refractivity contribution in [3.8, 4) is 0 Å². The quantitative estimate of drug-likeness (QED) is 0.825. The molecule has 2 unspecified atom stereocenters. The average molecular weight is 245 g/mol. The minimum Gasteiger partial charge on any atom is -0.385 e. The van der Waals surface area contributed by atoms with E-state index in [0.29, 0.717) is 18.4 Å². The van der Waals surface area contributed by atoms with Crippen LogP contribution >= 0.6 is 0 Å². The molecule has 1 aliphatic rings. The van der Waals surface area contributed by atoms with Crippen molar-refractivity contribution in [3.63, 3.8) is 0 Å². The molecule has 0 amide bonds. The fraction of sp³-hybridized carbons (Fsp3) is 0.583. The molecule has 1 aliphatic carbocycles. The molecule has 0 aromatic carbocycles. The molecule has 1 heterocycles. The second-order valence-electron chi connectivity index (χ2n) is 4.61. The minimum atomic E-state index is -4.23. The Morgan fingerprint density at radius 3 is 2.76 bits per heavy atom. The molecule has 1 aromatic heterocycles. The third kappa shape index (κ3) is 2.60. The summed E-state index contributed by atoms with van der Waals surface area (Å²) in [6, 6.07) is 3.26. The maximum absolute atomic E-state index is 12.7. The van der Waals surface area contributed by atoms with Crippen LogP contribution in [0.25, 0.3) is 0 Å². The van der Waals surface area contributed by atoms with Crippen LogP contribution in [0.5, 0.6) is 0 Å². The lowest BCUT2D eigenvalue weighted by Gasteiger charge is -2.37. The van der Waals surface area contributed by atoms with E-state index in [1.165, 1.54) is 12.4 Å². The first-order valence-corrected chi connectivity index (χ1v) is 5.61. The smallest absolute Gasteiger partial charge is 0.385 e. The fourth-order valence-corrected chi connectivity index (χ4v) is 2.43. The molecule has 94 valence electrons. The van der Waals surface area contributed by atoms with Gasteiger partial charge in [-0.05, 0) is 31.7 Å². The molecule has 2 rings (SSSR count). The summed E-state index contributed by atoms with van der Waals surface area (Å²) >= 11 is 0. The van der Waals surface area contributed by atoms with Crippen molar-refractivity contribution < 1.29 is 18.3 Å². The zero-order valence-electron chi connectivity index (χ0n) is 9.24. The number of rotatable bonds is 1. The van der Waals surface area contributed by atoms with Gasteiger partial charge in [-0.2, -0.15) is 13.2 Å². The first-order chi connectivity index (χ1) is 7.92. The zero-order chi connectivity index (χ0) is 12.5. The topological polar surface area (TPSA) is 33.1 Å². The average Bonchev–Trinajstić information content (AvgIpc) is 2.29. The van der Waals surface area contributed by atoms with Gasteiger partial charge >= 0.3 is 6.18 Å². The number of pyridine rings is 1. The van der Waals surface area contributed by atoms with Crippen LogP contribution in [0.1, 0.15) is 31.2 Å². The summed E-state index contributed by atoms with van der Waals surface area (Å²) in [7, 11) is 0. The molecule has 1 aromatic rings. The number of aliphatic hydroxyl groups is 1. The fourth-order valence-electron chi connectivity index (χ4n) is 2.43. The van der Waals surface area contributed by atoms with Crippen molar-refractivity contribution in [1.29, 1.82) is 0 Å². The van der Waals surface area contributed by atoms with E-state index in [-0.39, 0.29) is 12.8 Å². The highest BCUT2D eigenvalue weighted by Crippen LogP contribution is 2.45. The van der Waals surface area contributed by atoms with Gasteiger partial charge in [-0.1, -0.05) is 6.07 Å². The molecule has 5 heteroatoms. The number of alkyl halides is 3. The third-order valence-corrected chi connectivity index (χ3v) is 3.39. The lowest BCUT2D eigenvalue weighted by atomic mass is 9.74. The standard InChI is InChI=1S/C12H14F3NO/c13-12(14,15)9-3-1-5-11(17,7-9)10-4-2-6-16-8-10/h2,4,6,8-9,17H,1,3,5,7H2. The van der Waals surface area contributed by atoms with Gasteiger partial charge in [0.25, 0.3) is 0 Å². The number of hydrogen-bond acceptors (Lipinski definition) is 2. The Kier molecular flexibility index (Phi) is 3.12. The summed E-state index contributed by atoms with van der Waals surface area (Å²) in [4.78, 5) is 3.85. The highest BCUT2D eigenvalue weighted by molar-refractivity contribution is 5.19. The number of aromatic nitrogens is 1. The maximum atomic E-state index is 12.7. The lowest BCUT2D eigenvalue weighted by Crippen LogP contribution is -2.38. The highest BCUT2D eigenvalue weighted by atomic mass is 19.4. The molecule has 0 aliphatic heterocycles. The molecule has 1 saturated carbocycles. The summed E-state index contributed by atoms with van der Waals surface area (Å²) < 4.78 is 38.0. The van der Waals surface area contributed by atoms with E-state index in [9.17, 15) is 18.3 Å². The van der Waals surface area contributed by atoms with Crippen molar-refractivity contribution in [1.82, 2.24) is 4.98 Å². The zero-order valence-corrected chi connectivity index (χ0v) is 9.24. The highest BCUT2D eigenvalue weighted by Gasteiger charge is 2.47. The van der Waals surface area contributed by atoms with E-state index >= 15 is 0 Å². The summed E-state index contributed by atoms with van der Waals surface area (Å²) in [5, 5.41) is 10.3. The molecule has 0 bridgehead atoms. The molecule has 0 saturated heterocycles. The van der Waals surface area contributed by atoms with E-state index in [2.05, 4.69) is 4.98 Å². The van der Waals surface area contributed by atoms with Crippen LogP contribution < -0.4 is 0 Å². The number of nitrogens with zero attached hydrogens (tertiary/aromatic N) is 1. The van der Waals surface area contributed by atoms with Crippen molar-refractivity contribution in [2.75, 3.05) is 0 Å². The Balaban J connectivity index is 2.21. The predicted molar refractivity (Wildman–Crippen MR) is 56.1 cm³/mol. The van der Waals surface area contributed by atoms with E-state index < -0.39 is 17.7 Å². The molecule has 2 nitrogen and oxygen atoms in total. The van der Waals surface area contributed by atoms with Crippen molar-refractivity contribution in [2.24, 2.45) is 5.92 Å². The Labute approximate surface area is 97.5 Å². The Bertz CT molecular complexity index is 379. The van der Waals surface area contributed by atoms with Gasteiger partial charge in [0.05, 0.1) is 11.5 Å². The molecule has 0 radical (unpaired) electrons. The van der Waals surface area contributed by atoms with Crippen LogP contribution in [-0.4, -0.2) is 16.3 Å². The lowest BCUT2D eigenvalue weighted by molar-refractivity contribution is -0.201. The Morgan fingerprint density at radius 2 is 2.18 bits per heavy atom. The Morgan fingerprint density at radius 1 is 1.41 bits per heavy atom. The predicted octanol–water partition coefficient (Wildman–Crippen LogP) is 3.02. The van der Waals surface area contributed by atoms with E-state index in [0.717, 1.165) is 0 Å². The van der Waals surface area contributed by atoms with Gasteiger partial charge in [-0.25, -0.2) is 0 Å². The van der Waals surface area contributed by atoms with Crippen molar-refractivity contribution in [3.05, 3.63) is 30.1 Å². The van der Waals surface area contributed by atoms with Gasteiger partial charge in [-0.3, -0.25) is 4.98 Å². The maximum Gasteiger partial charge on any atom is 0.391 e. The first kappa shape index (κ1) is 12.4. The van der Waals surface area contributed by atoms with Crippen molar-refractivity contribution in [2.45, 2.75) is 37.5 Å². The second kappa shape index (κ2) is 4.29. The van der Waals surface area contributed by atoms with Gasteiger partial charge < -0.3 is 5.11 Å². The van der Waals surface area contributed by atoms with Gasteiger partial charge in [0.15, 0.2) is 0 Å². The van der Waals surface area contributed by atoms with Gasteiger partial charge in [0.1, 0.15) is 0 Å². The van der Waals surface area contributed by atoms with Gasteiger partial charge in [0, 0.05) is 18.0 Å². The molecular formula is C12H14F3NO. The molecular weight excluding hydrogens is 231 g/mol. The molecule has 17 heavy (non-hydrogen) atoms. The van der Waals surface area contributed by atoms with Crippen LogP contribution in [0.3, 0.4) is 0 Å². The molecule has 1 N–H and O–H groups in total. The number of hydrogen-bond donors (Lipinski definition) is 1. The van der Waals surface area contributed by atoms with Crippen LogP contribution in [0.2, 0.25) is 0 Å². The molecule has 0 spiro atoms. The van der Waals surface area contributed by atoms with E-state index in [4.69, 9.17) is 0 Å². The monoisotopic (exact) mass is 245 g/mol. The number of halogens is 3. The molecule has 1 fully saturated rings. The van der Waals surface area contributed by atoms with Crippen LogP contribution in [0.4, 0.5) is 13.2 Å². The summed E-state index contributed by atoms with van der Waals surface area (Å²) in [6.45, 7) is 0. The summed E-state index contributed by atoms with van der Waals surface area (Å²) in [5.41, 5.74) is -0.902. The third-order valence-electron chi connectivity index (χ3n) is 3.39. The SMILES string of the molecule is OC1(c2cccnc2)CCCC(C(F)(F)F)C1. The van der Waals surface area contributed by atoms with Crippen LogP contribution in [-0.2, 0) is 5.60 Å². The second-order valence-corrected chi connectivity index (χ2v) is 4.61. The normalized spacial score (nSPS) is 30.2. The van der Waals surface area contributed by atoms with Crippen molar-refractivity contribution >= 4 is 0 Å².